The Labute approximate surface area is 128 Å². The number of hydrogen-bond acceptors (Lipinski definition) is 1. The Morgan fingerprint density at radius 3 is 1.95 bits per heavy atom. The molecule has 0 amide bonds. The van der Waals surface area contributed by atoms with Crippen molar-refractivity contribution in [3.05, 3.63) is 70.8 Å². The highest BCUT2D eigenvalue weighted by atomic mass is 16.3. The fraction of sp³-hybridized carbons (Fsp3) is 0.400. The molecule has 1 nitrogen and oxygen atoms in total. The zero-order chi connectivity index (χ0) is 15.7. The van der Waals surface area contributed by atoms with E-state index in [2.05, 4.69) is 45.0 Å². The predicted molar refractivity (Wildman–Crippen MR) is 89.6 cm³/mol. The maximum atomic E-state index is 10.8. The van der Waals surface area contributed by atoms with Crippen molar-refractivity contribution in [2.45, 2.75) is 52.1 Å². The van der Waals surface area contributed by atoms with Crippen LogP contribution in [0.1, 0.15) is 49.9 Å². The van der Waals surface area contributed by atoms with Crippen LogP contribution in [0.15, 0.2) is 48.5 Å². The minimum atomic E-state index is -0.839. The van der Waals surface area contributed by atoms with Crippen LogP contribution in [-0.2, 0) is 17.4 Å². The van der Waals surface area contributed by atoms with E-state index >= 15 is 0 Å². The van der Waals surface area contributed by atoms with E-state index in [0.29, 0.717) is 6.42 Å². The lowest BCUT2D eigenvalue weighted by Gasteiger charge is -2.26. The minimum absolute atomic E-state index is 0.164. The highest BCUT2D eigenvalue weighted by Gasteiger charge is 2.25. The van der Waals surface area contributed by atoms with Gasteiger partial charge in [-0.3, -0.25) is 0 Å². The molecule has 0 heterocycles. The summed E-state index contributed by atoms with van der Waals surface area (Å²) in [5.74, 6) is 0. The predicted octanol–water partition coefficient (Wildman–Crippen LogP) is 4.74. The van der Waals surface area contributed by atoms with Gasteiger partial charge in [-0.1, -0.05) is 69.3 Å². The lowest BCUT2D eigenvalue weighted by atomic mass is 9.84. The van der Waals surface area contributed by atoms with Crippen LogP contribution in [-0.4, -0.2) is 5.11 Å². The van der Waals surface area contributed by atoms with Crippen LogP contribution >= 0.6 is 0 Å². The second-order valence-corrected chi connectivity index (χ2v) is 7.21. The molecular weight excluding hydrogens is 256 g/mol. The second kappa shape index (κ2) is 5.65. The molecule has 0 aliphatic rings. The molecule has 1 atom stereocenters. The van der Waals surface area contributed by atoms with Gasteiger partial charge in [0.15, 0.2) is 0 Å². The van der Waals surface area contributed by atoms with Crippen LogP contribution in [0.3, 0.4) is 0 Å². The third-order valence-corrected chi connectivity index (χ3v) is 4.09. The summed E-state index contributed by atoms with van der Waals surface area (Å²) in [5.41, 5.74) is 3.95. The van der Waals surface area contributed by atoms with Gasteiger partial charge in [-0.15, -0.1) is 0 Å². The Bertz CT molecular complexity index is 600. The van der Waals surface area contributed by atoms with Crippen molar-refractivity contribution in [1.29, 1.82) is 0 Å². The highest BCUT2D eigenvalue weighted by Crippen LogP contribution is 2.29. The monoisotopic (exact) mass is 282 g/mol. The van der Waals surface area contributed by atoms with E-state index in [1.54, 1.807) is 0 Å². The quantitative estimate of drug-likeness (QED) is 0.862. The highest BCUT2D eigenvalue weighted by molar-refractivity contribution is 5.34. The van der Waals surface area contributed by atoms with E-state index in [1.165, 1.54) is 5.56 Å². The molecule has 21 heavy (non-hydrogen) atoms. The second-order valence-electron chi connectivity index (χ2n) is 7.21. The Hall–Kier alpha value is -1.60. The maximum Gasteiger partial charge on any atom is 0.0911 e. The van der Waals surface area contributed by atoms with Crippen molar-refractivity contribution in [2.24, 2.45) is 0 Å². The summed E-state index contributed by atoms with van der Waals surface area (Å²) in [4.78, 5) is 0. The molecule has 1 heteroatoms. The largest absolute Gasteiger partial charge is 0.385 e. The van der Waals surface area contributed by atoms with Crippen LogP contribution in [0.2, 0.25) is 0 Å². The standard InChI is InChI=1S/C20H26O/c1-15-8-6-7-9-18(15)20(5,21)14-16-10-12-17(13-11-16)19(2,3)4/h6-13,21H,14H2,1-5H3. The van der Waals surface area contributed by atoms with Gasteiger partial charge in [0.1, 0.15) is 0 Å². The Morgan fingerprint density at radius 2 is 1.43 bits per heavy atom. The van der Waals surface area contributed by atoms with E-state index in [-0.39, 0.29) is 5.41 Å². The van der Waals surface area contributed by atoms with E-state index in [1.807, 2.05) is 38.1 Å². The lowest BCUT2D eigenvalue weighted by molar-refractivity contribution is 0.0570. The van der Waals surface area contributed by atoms with Gasteiger partial charge in [-0.2, -0.15) is 0 Å². The molecule has 0 fully saturated rings. The first-order valence-corrected chi connectivity index (χ1v) is 7.58. The number of aryl methyl sites for hydroxylation is 1. The zero-order valence-electron chi connectivity index (χ0n) is 13.8. The first kappa shape index (κ1) is 15.8. The summed E-state index contributed by atoms with van der Waals surface area (Å²) in [7, 11) is 0. The van der Waals surface area contributed by atoms with Gasteiger partial charge < -0.3 is 5.11 Å². The number of hydrogen-bond donors (Lipinski definition) is 1. The maximum absolute atomic E-state index is 10.8. The first-order chi connectivity index (χ1) is 9.70. The molecule has 0 saturated heterocycles. The van der Waals surface area contributed by atoms with E-state index < -0.39 is 5.60 Å². The molecule has 112 valence electrons. The van der Waals surface area contributed by atoms with Crippen molar-refractivity contribution in [1.82, 2.24) is 0 Å². The van der Waals surface area contributed by atoms with Gasteiger partial charge in [0.25, 0.3) is 0 Å². The van der Waals surface area contributed by atoms with Gasteiger partial charge >= 0.3 is 0 Å². The minimum Gasteiger partial charge on any atom is -0.385 e. The van der Waals surface area contributed by atoms with E-state index in [4.69, 9.17) is 0 Å². The van der Waals surface area contributed by atoms with Gasteiger partial charge in [0, 0.05) is 6.42 Å². The fourth-order valence-electron chi connectivity index (χ4n) is 2.79. The molecule has 1 unspecified atom stereocenters. The van der Waals surface area contributed by atoms with Crippen LogP contribution in [0, 0.1) is 6.92 Å². The Balaban J connectivity index is 2.23. The third-order valence-electron chi connectivity index (χ3n) is 4.09. The van der Waals surface area contributed by atoms with Crippen molar-refractivity contribution in [3.63, 3.8) is 0 Å². The summed E-state index contributed by atoms with van der Waals surface area (Å²) in [6, 6.07) is 16.7. The summed E-state index contributed by atoms with van der Waals surface area (Å²) in [6.07, 6.45) is 0.627. The van der Waals surface area contributed by atoms with Crippen molar-refractivity contribution >= 4 is 0 Å². The molecule has 0 aliphatic heterocycles. The van der Waals surface area contributed by atoms with Crippen molar-refractivity contribution < 1.29 is 5.11 Å². The molecule has 2 aromatic rings. The van der Waals surface area contributed by atoms with Gasteiger partial charge in [-0.25, -0.2) is 0 Å². The summed E-state index contributed by atoms with van der Waals surface area (Å²) < 4.78 is 0. The lowest BCUT2D eigenvalue weighted by Crippen LogP contribution is -2.25. The molecule has 0 saturated carbocycles. The summed E-state index contributed by atoms with van der Waals surface area (Å²) in [6.45, 7) is 10.6. The van der Waals surface area contributed by atoms with E-state index in [0.717, 1.165) is 16.7 Å². The number of aliphatic hydroxyl groups is 1. The Kier molecular flexibility index (Phi) is 4.25. The van der Waals surface area contributed by atoms with Crippen LogP contribution in [0.5, 0.6) is 0 Å². The van der Waals surface area contributed by atoms with Gasteiger partial charge in [0.05, 0.1) is 5.60 Å². The topological polar surface area (TPSA) is 20.2 Å². The molecular formula is C20H26O. The summed E-state index contributed by atoms with van der Waals surface area (Å²) in [5, 5.41) is 10.8. The smallest absolute Gasteiger partial charge is 0.0911 e. The van der Waals surface area contributed by atoms with Crippen LogP contribution < -0.4 is 0 Å². The Morgan fingerprint density at radius 1 is 0.857 bits per heavy atom. The van der Waals surface area contributed by atoms with Gasteiger partial charge in [0.2, 0.25) is 0 Å². The van der Waals surface area contributed by atoms with Gasteiger partial charge in [-0.05, 0) is 41.5 Å². The average molecular weight is 282 g/mol. The molecule has 0 aliphatic carbocycles. The molecule has 2 rings (SSSR count). The average Bonchev–Trinajstić information content (AvgIpc) is 2.38. The summed E-state index contributed by atoms with van der Waals surface area (Å²) >= 11 is 0. The fourth-order valence-corrected chi connectivity index (χ4v) is 2.79. The normalized spacial score (nSPS) is 14.8. The molecule has 0 bridgehead atoms. The SMILES string of the molecule is Cc1ccccc1C(C)(O)Cc1ccc(C(C)(C)C)cc1. The molecule has 0 radical (unpaired) electrons. The molecule has 1 N–H and O–H groups in total. The van der Waals surface area contributed by atoms with Crippen molar-refractivity contribution in [2.75, 3.05) is 0 Å². The van der Waals surface area contributed by atoms with Crippen LogP contribution in [0.25, 0.3) is 0 Å². The number of benzene rings is 2. The van der Waals surface area contributed by atoms with E-state index in [9.17, 15) is 5.11 Å². The van der Waals surface area contributed by atoms with Crippen LogP contribution in [0.4, 0.5) is 0 Å². The zero-order valence-corrected chi connectivity index (χ0v) is 13.8. The molecule has 2 aromatic carbocycles. The molecule has 0 spiro atoms. The third kappa shape index (κ3) is 3.74. The number of rotatable bonds is 3. The first-order valence-electron chi connectivity index (χ1n) is 7.58. The van der Waals surface area contributed by atoms with Crippen molar-refractivity contribution in [3.8, 4) is 0 Å². The molecule has 0 aromatic heterocycles.